The van der Waals surface area contributed by atoms with Crippen LogP contribution in [0.1, 0.15) is 5.69 Å². The van der Waals surface area contributed by atoms with Gasteiger partial charge in [-0.3, -0.25) is 9.36 Å². The van der Waals surface area contributed by atoms with Crippen LogP contribution < -0.4 is 5.56 Å². The van der Waals surface area contributed by atoms with Gasteiger partial charge in [0.2, 0.25) is 5.89 Å². The minimum absolute atomic E-state index is 0.211. The Balaban J connectivity index is 1.69. The number of fused-ring (bicyclic) bond motifs is 1. The molecule has 0 aliphatic rings. The van der Waals surface area contributed by atoms with E-state index in [1.54, 1.807) is 24.3 Å². The Labute approximate surface area is 162 Å². The highest BCUT2D eigenvalue weighted by molar-refractivity contribution is 6.38. The second-order valence-electron chi connectivity index (χ2n) is 5.61. The fourth-order valence-electron chi connectivity index (χ4n) is 2.59. The zero-order valence-electron chi connectivity index (χ0n) is 13.1. The van der Waals surface area contributed by atoms with E-state index in [-0.39, 0.29) is 12.1 Å². The number of halogens is 3. The van der Waals surface area contributed by atoms with Crippen molar-refractivity contribution in [3.8, 4) is 11.5 Å². The quantitative estimate of drug-likeness (QED) is 0.477. The van der Waals surface area contributed by atoms with Crippen LogP contribution in [0.15, 0.2) is 58.2 Å². The van der Waals surface area contributed by atoms with E-state index in [1.165, 1.54) is 17.2 Å². The maximum Gasteiger partial charge on any atom is 0.261 e. The van der Waals surface area contributed by atoms with Crippen molar-refractivity contribution in [1.29, 1.82) is 0 Å². The average Bonchev–Trinajstić information content (AvgIpc) is 3.07. The number of hydrogen-bond donors (Lipinski definition) is 0. The summed E-state index contributed by atoms with van der Waals surface area (Å²) in [6.45, 7) is 0.211. The first-order valence-electron chi connectivity index (χ1n) is 7.56. The smallest absolute Gasteiger partial charge is 0.261 e. The molecule has 0 unspecified atom stereocenters. The van der Waals surface area contributed by atoms with Crippen molar-refractivity contribution in [1.82, 2.24) is 14.5 Å². The first kappa shape index (κ1) is 17.1. The fraction of sp³-hybridized carbons (Fsp3) is 0.0556. The molecule has 0 aliphatic carbocycles. The Morgan fingerprint density at radius 3 is 2.58 bits per heavy atom. The van der Waals surface area contributed by atoms with Crippen LogP contribution in [0.25, 0.3) is 22.4 Å². The van der Waals surface area contributed by atoms with Gasteiger partial charge >= 0.3 is 0 Å². The lowest BCUT2D eigenvalue weighted by Crippen LogP contribution is -2.21. The van der Waals surface area contributed by atoms with Crippen molar-refractivity contribution in [2.45, 2.75) is 6.54 Å². The highest BCUT2D eigenvalue weighted by Crippen LogP contribution is 2.24. The highest BCUT2D eigenvalue weighted by Gasteiger charge is 2.12. The normalized spacial score (nSPS) is 11.2. The molecule has 0 radical (unpaired) electrons. The van der Waals surface area contributed by atoms with Crippen LogP contribution in [0.4, 0.5) is 0 Å². The minimum Gasteiger partial charge on any atom is -0.444 e. The summed E-state index contributed by atoms with van der Waals surface area (Å²) in [5.41, 5.74) is 1.55. The van der Waals surface area contributed by atoms with Crippen LogP contribution in [0.3, 0.4) is 0 Å². The minimum atomic E-state index is -0.254. The molecule has 0 atom stereocenters. The second-order valence-corrected chi connectivity index (χ2v) is 6.89. The van der Waals surface area contributed by atoms with Crippen molar-refractivity contribution in [2.24, 2.45) is 0 Å². The summed E-state index contributed by atoms with van der Waals surface area (Å²) in [4.78, 5) is 21.3. The van der Waals surface area contributed by atoms with E-state index in [0.717, 1.165) is 5.56 Å². The Morgan fingerprint density at radius 1 is 1.04 bits per heavy atom. The van der Waals surface area contributed by atoms with Crippen LogP contribution in [0, 0.1) is 0 Å². The topological polar surface area (TPSA) is 60.9 Å². The summed E-state index contributed by atoms with van der Waals surface area (Å²) in [6, 6.07) is 10.2. The number of nitrogens with zero attached hydrogens (tertiary/aromatic N) is 3. The van der Waals surface area contributed by atoms with E-state index in [2.05, 4.69) is 9.97 Å². The molecule has 26 heavy (non-hydrogen) atoms. The van der Waals surface area contributed by atoms with E-state index >= 15 is 0 Å². The summed E-state index contributed by atoms with van der Waals surface area (Å²) in [6.07, 6.45) is 2.94. The molecule has 8 heteroatoms. The lowest BCUT2D eigenvalue weighted by atomic mass is 10.2. The Kier molecular flexibility index (Phi) is 4.44. The Bertz CT molecular complexity index is 1170. The molecule has 0 saturated carbocycles. The largest absolute Gasteiger partial charge is 0.444 e. The monoisotopic (exact) mass is 405 g/mol. The van der Waals surface area contributed by atoms with Gasteiger partial charge in [-0.15, -0.1) is 0 Å². The van der Waals surface area contributed by atoms with E-state index in [4.69, 9.17) is 39.2 Å². The molecule has 2 aromatic heterocycles. The van der Waals surface area contributed by atoms with Gasteiger partial charge in [0.05, 0.1) is 34.5 Å². The van der Waals surface area contributed by atoms with Gasteiger partial charge in [-0.25, -0.2) is 9.97 Å². The predicted octanol–water partition coefficient (Wildman–Crippen LogP) is 5.06. The molecule has 0 N–H and O–H groups in total. The second kappa shape index (κ2) is 6.76. The van der Waals surface area contributed by atoms with Crippen LogP contribution in [-0.2, 0) is 6.54 Å². The number of oxazole rings is 1. The van der Waals surface area contributed by atoms with Gasteiger partial charge in [-0.1, -0.05) is 34.8 Å². The maximum absolute atomic E-state index is 12.7. The molecule has 0 amide bonds. The standard InChI is InChI=1S/C18H10Cl3N3O2/c19-11-3-1-10(2-4-11)17-23-13(8-26-17)7-24-9-22-16-14(18(24)25)5-12(20)6-15(16)21/h1-6,8-9H,7H2. The van der Waals surface area contributed by atoms with Gasteiger partial charge in [0.1, 0.15) is 6.26 Å². The molecule has 0 spiro atoms. The summed E-state index contributed by atoms with van der Waals surface area (Å²) in [5.74, 6) is 0.449. The van der Waals surface area contributed by atoms with Crippen LogP contribution in [-0.4, -0.2) is 14.5 Å². The predicted molar refractivity (Wildman–Crippen MR) is 102 cm³/mol. The summed E-state index contributed by atoms with van der Waals surface area (Å²) < 4.78 is 6.93. The first-order valence-corrected chi connectivity index (χ1v) is 8.69. The third-order valence-electron chi connectivity index (χ3n) is 3.82. The van der Waals surface area contributed by atoms with Crippen LogP contribution >= 0.6 is 34.8 Å². The molecule has 2 aromatic carbocycles. The molecule has 0 saturated heterocycles. The summed E-state index contributed by atoms with van der Waals surface area (Å²) in [5, 5.41) is 1.70. The molecular formula is C18H10Cl3N3O2. The number of benzene rings is 2. The molecule has 2 heterocycles. The molecule has 4 rings (SSSR count). The van der Waals surface area contributed by atoms with Crippen molar-refractivity contribution in [3.05, 3.63) is 80.1 Å². The van der Waals surface area contributed by atoms with Gasteiger partial charge in [0.25, 0.3) is 5.56 Å². The molecule has 4 aromatic rings. The van der Waals surface area contributed by atoms with Gasteiger partial charge in [-0.05, 0) is 36.4 Å². The van der Waals surface area contributed by atoms with Gasteiger partial charge in [-0.2, -0.15) is 0 Å². The zero-order valence-corrected chi connectivity index (χ0v) is 15.4. The summed E-state index contributed by atoms with van der Waals surface area (Å²) >= 11 is 18.0. The SMILES string of the molecule is O=c1c2cc(Cl)cc(Cl)c2ncn1Cc1coc(-c2ccc(Cl)cc2)n1. The highest BCUT2D eigenvalue weighted by atomic mass is 35.5. The fourth-order valence-corrected chi connectivity index (χ4v) is 3.25. The van der Waals surface area contributed by atoms with Crippen molar-refractivity contribution < 1.29 is 4.42 Å². The average molecular weight is 407 g/mol. The molecular weight excluding hydrogens is 397 g/mol. The van der Waals surface area contributed by atoms with Gasteiger partial charge in [0, 0.05) is 15.6 Å². The first-order chi connectivity index (χ1) is 12.5. The van der Waals surface area contributed by atoms with Gasteiger partial charge < -0.3 is 4.42 Å². The molecule has 0 aliphatic heterocycles. The van der Waals surface area contributed by atoms with Gasteiger partial charge in [0.15, 0.2) is 0 Å². The Hall–Kier alpha value is -2.34. The van der Waals surface area contributed by atoms with E-state index < -0.39 is 0 Å². The molecule has 130 valence electrons. The van der Waals surface area contributed by atoms with Crippen LogP contribution in [0.5, 0.6) is 0 Å². The third-order valence-corrected chi connectivity index (χ3v) is 4.58. The lowest BCUT2D eigenvalue weighted by molar-refractivity contribution is 0.571. The number of aromatic nitrogens is 3. The van der Waals surface area contributed by atoms with E-state index in [0.29, 0.717) is 37.6 Å². The zero-order chi connectivity index (χ0) is 18.3. The van der Waals surface area contributed by atoms with Crippen molar-refractivity contribution >= 4 is 45.7 Å². The van der Waals surface area contributed by atoms with Crippen LogP contribution in [0.2, 0.25) is 15.1 Å². The number of hydrogen-bond acceptors (Lipinski definition) is 4. The summed E-state index contributed by atoms with van der Waals surface area (Å²) in [7, 11) is 0. The molecule has 5 nitrogen and oxygen atoms in total. The Morgan fingerprint density at radius 2 is 1.81 bits per heavy atom. The maximum atomic E-state index is 12.7. The third kappa shape index (κ3) is 3.21. The molecule has 0 bridgehead atoms. The molecule has 0 fully saturated rings. The number of rotatable bonds is 3. The lowest BCUT2D eigenvalue weighted by Gasteiger charge is -2.06. The van der Waals surface area contributed by atoms with E-state index in [1.807, 2.05) is 12.1 Å². The van der Waals surface area contributed by atoms with Crippen molar-refractivity contribution in [3.63, 3.8) is 0 Å². The van der Waals surface area contributed by atoms with Crippen molar-refractivity contribution in [2.75, 3.05) is 0 Å². The van der Waals surface area contributed by atoms with E-state index in [9.17, 15) is 4.79 Å².